The number of rotatable bonds is 3. The van der Waals surface area contributed by atoms with Crippen molar-refractivity contribution < 1.29 is 4.79 Å². The summed E-state index contributed by atoms with van der Waals surface area (Å²) in [4.78, 5) is 34.8. The number of hydrogen-bond acceptors (Lipinski definition) is 5. The van der Waals surface area contributed by atoms with Crippen LogP contribution in [0, 0.1) is 6.92 Å². The molecule has 1 N–H and O–H groups in total. The van der Waals surface area contributed by atoms with Gasteiger partial charge in [-0.2, -0.15) is 15.0 Å². The molecular weight excluding hydrogens is 332 g/mol. The maximum Gasteiger partial charge on any atom is 0.251 e. The summed E-state index contributed by atoms with van der Waals surface area (Å²) in [6.07, 6.45) is 1.81. The largest absolute Gasteiger partial charge is 0.340 e. The zero-order chi connectivity index (χ0) is 18.1. The monoisotopic (exact) mass is 352 g/mol. The lowest BCUT2D eigenvalue weighted by Gasteiger charge is -2.32. The summed E-state index contributed by atoms with van der Waals surface area (Å²) in [5, 5.41) is 8.70. The van der Waals surface area contributed by atoms with Crippen molar-refractivity contribution in [1.29, 1.82) is 0 Å². The summed E-state index contributed by atoms with van der Waals surface area (Å²) in [7, 11) is 0. The summed E-state index contributed by atoms with van der Waals surface area (Å²) in [6, 6.07) is 9.08. The van der Waals surface area contributed by atoms with Crippen LogP contribution < -0.4 is 5.56 Å². The highest BCUT2D eigenvalue weighted by atomic mass is 16.2. The van der Waals surface area contributed by atoms with Crippen LogP contribution in [0.25, 0.3) is 11.0 Å². The number of carbonyl (C=O) groups excluding carboxylic acids is 1. The number of likely N-dealkylation sites (tertiary alicyclic amines) is 1. The predicted molar refractivity (Wildman–Crippen MR) is 95.7 cm³/mol. The third-order valence-corrected chi connectivity index (χ3v) is 4.68. The molecule has 26 heavy (non-hydrogen) atoms. The number of aryl methyl sites for hydroxylation is 1. The molecule has 1 saturated heterocycles. The van der Waals surface area contributed by atoms with E-state index >= 15 is 0 Å². The van der Waals surface area contributed by atoms with Crippen LogP contribution in [0.1, 0.15) is 30.3 Å². The second-order valence-electron chi connectivity index (χ2n) is 6.65. The van der Waals surface area contributed by atoms with Crippen LogP contribution in [0.15, 0.2) is 35.1 Å². The van der Waals surface area contributed by atoms with Gasteiger partial charge in [0.1, 0.15) is 23.4 Å². The minimum absolute atomic E-state index is 0.0171. The number of fused-ring (bicyclic) bond motifs is 1. The Morgan fingerprint density at radius 3 is 2.69 bits per heavy atom. The van der Waals surface area contributed by atoms with E-state index in [9.17, 15) is 9.59 Å². The topological polar surface area (TPSA) is 96.8 Å². The molecule has 0 spiro atoms. The maximum absolute atomic E-state index is 12.7. The van der Waals surface area contributed by atoms with Gasteiger partial charge in [-0.3, -0.25) is 9.59 Å². The number of nitrogens with zero attached hydrogens (tertiary/aromatic N) is 5. The Morgan fingerprint density at radius 1 is 1.27 bits per heavy atom. The average molecular weight is 352 g/mol. The van der Waals surface area contributed by atoms with Crippen LogP contribution in [0.5, 0.6) is 0 Å². The third-order valence-electron chi connectivity index (χ3n) is 4.68. The molecule has 2 aromatic heterocycles. The van der Waals surface area contributed by atoms with Gasteiger partial charge in [-0.05, 0) is 31.9 Å². The fourth-order valence-electron chi connectivity index (χ4n) is 3.45. The van der Waals surface area contributed by atoms with E-state index in [1.807, 2.05) is 29.2 Å². The number of nitrogens with one attached hydrogen (secondary N) is 1. The average Bonchev–Trinajstić information content (AvgIpc) is 3.03. The number of benzene rings is 1. The molecule has 134 valence electrons. The lowest BCUT2D eigenvalue weighted by Crippen LogP contribution is -2.41. The van der Waals surface area contributed by atoms with E-state index in [0.717, 1.165) is 29.6 Å². The Hall–Kier alpha value is -3.03. The van der Waals surface area contributed by atoms with Gasteiger partial charge in [0.25, 0.3) is 5.56 Å². The van der Waals surface area contributed by atoms with Crippen molar-refractivity contribution in [1.82, 2.24) is 29.9 Å². The van der Waals surface area contributed by atoms with Gasteiger partial charge < -0.3 is 9.88 Å². The number of carbonyl (C=O) groups is 1. The minimum Gasteiger partial charge on any atom is -0.340 e. The Morgan fingerprint density at radius 2 is 2.00 bits per heavy atom. The van der Waals surface area contributed by atoms with Gasteiger partial charge in [0, 0.05) is 25.1 Å². The van der Waals surface area contributed by atoms with Crippen LogP contribution in [-0.4, -0.2) is 48.9 Å². The first-order chi connectivity index (χ1) is 12.6. The molecule has 0 aliphatic carbocycles. The van der Waals surface area contributed by atoms with E-state index in [-0.39, 0.29) is 23.9 Å². The molecule has 0 bridgehead atoms. The lowest BCUT2D eigenvalue weighted by atomic mass is 9.94. The molecule has 0 radical (unpaired) electrons. The third kappa shape index (κ3) is 3.35. The first-order valence-electron chi connectivity index (χ1n) is 8.74. The quantitative estimate of drug-likeness (QED) is 0.765. The van der Waals surface area contributed by atoms with E-state index < -0.39 is 0 Å². The van der Waals surface area contributed by atoms with Crippen molar-refractivity contribution in [3.8, 4) is 0 Å². The molecule has 4 rings (SSSR count). The van der Waals surface area contributed by atoms with Gasteiger partial charge >= 0.3 is 0 Å². The van der Waals surface area contributed by atoms with Crippen molar-refractivity contribution in [2.45, 2.75) is 32.2 Å². The molecule has 3 heterocycles. The molecule has 1 atom stereocenters. The predicted octanol–water partition coefficient (Wildman–Crippen LogP) is 1.23. The van der Waals surface area contributed by atoms with Crippen molar-refractivity contribution in [3.05, 3.63) is 52.2 Å². The van der Waals surface area contributed by atoms with Crippen LogP contribution in [0.4, 0.5) is 0 Å². The van der Waals surface area contributed by atoms with E-state index in [4.69, 9.17) is 0 Å². The van der Waals surface area contributed by atoms with Crippen LogP contribution in [0.2, 0.25) is 0 Å². The van der Waals surface area contributed by atoms with E-state index in [1.54, 1.807) is 6.92 Å². The Bertz CT molecular complexity index is 975. The summed E-state index contributed by atoms with van der Waals surface area (Å²) in [5.74, 6) is 0.665. The van der Waals surface area contributed by atoms with Crippen LogP contribution in [-0.2, 0) is 11.3 Å². The summed E-state index contributed by atoms with van der Waals surface area (Å²) in [6.45, 7) is 3.15. The normalized spacial score (nSPS) is 17.6. The first kappa shape index (κ1) is 16.4. The molecule has 8 nitrogen and oxygen atoms in total. The number of piperidine rings is 1. The molecule has 8 heteroatoms. The first-order valence-corrected chi connectivity index (χ1v) is 8.74. The van der Waals surface area contributed by atoms with Crippen molar-refractivity contribution in [2.24, 2.45) is 0 Å². The number of hydrogen-bond donors (Lipinski definition) is 1. The second-order valence-corrected chi connectivity index (χ2v) is 6.65. The molecule has 0 saturated carbocycles. The molecular formula is C18H20N6O2. The van der Waals surface area contributed by atoms with Gasteiger partial charge in [0.15, 0.2) is 0 Å². The minimum atomic E-state index is -0.150. The van der Waals surface area contributed by atoms with Crippen molar-refractivity contribution >= 4 is 16.9 Å². The van der Waals surface area contributed by atoms with E-state index in [1.165, 1.54) is 10.9 Å². The fourth-order valence-corrected chi connectivity index (χ4v) is 3.45. The number of amides is 1. The highest BCUT2D eigenvalue weighted by molar-refractivity contribution is 5.77. The lowest BCUT2D eigenvalue weighted by molar-refractivity contribution is -0.133. The van der Waals surface area contributed by atoms with Crippen LogP contribution >= 0.6 is 0 Å². The van der Waals surface area contributed by atoms with E-state index in [0.29, 0.717) is 18.9 Å². The molecule has 0 unspecified atom stereocenters. The van der Waals surface area contributed by atoms with Gasteiger partial charge in [-0.15, -0.1) is 0 Å². The fraction of sp³-hybridized carbons (Fsp3) is 0.389. The Kier molecular flexibility index (Phi) is 4.24. The SMILES string of the molecule is Cc1nc([C@H]2CCCN(C(=O)Cn3nc4ccccc4n3)C2)cc(=O)[nH]1. The summed E-state index contributed by atoms with van der Waals surface area (Å²) >= 11 is 0. The molecule has 1 aromatic carbocycles. The van der Waals surface area contributed by atoms with Gasteiger partial charge in [-0.25, -0.2) is 4.98 Å². The van der Waals surface area contributed by atoms with Crippen molar-refractivity contribution in [3.63, 3.8) is 0 Å². The molecule has 3 aromatic rings. The van der Waals surface area contributed by atoms with Gasteiger partial charge in [-0.1, -0.05) is 12.1 Å². The smallest absolute Gasteiger partial charge is 0.251 e. The molecule has 1 amide bonds. The zero-order valence-electron chi connectivity index (χ0n) is 14.6. The Balaban J connectivity index is 1.48. The molecule has 1 aliphatic rings. The molecule has 1 fully saturated rings. The van der Waals surface area contributed by atoms with Crippen LogP contribution in [0.3, 0.4) is 0 Å². The Labute approximate surface area is 149 Å². The second kappa shape index (κ2) is 6.70. The van der Waals surface area contributed by atoms with E-state index in [2.05, 4.69) is 20.2 Å². The zero-order valence-corrected chi connectivity index (χ0v) is 14.6. The van der Waals surface area contributed by atoms with Crippen molar-refractivity contribution in [2.75, 3.05) is 13.1 Å². The number of aromatic nitrogens is 5. The highest BCUT2D eigenvalue weighted by Gasteiger charge is 2.26. The highest BCUT2D eigenvalue weighted by Crippen LogP contribution is 2.25. The van der Waals surface area contributed by atoms with Gasteiger partial charge in [0.2, 0.25) is 5.91 Å². The number of H-pyrrole nitrogens is 1. The van der Waals surface area contributed by atoms with Gasteiger partial charge in [0.05, 0.1) is 5.69 Å². The standard InChI is InChI=1S/C18H20N6O2/c1-12-19-16(9-17(25)20-12)13-5-4-8-23(10-13)18(26)11-24-21-14-6-2-3-7-15(14)22-24/h2-3,6-7,9,13H,4-5,8,10-11H2,1H3,(H,19,20,25)/t13-/m0/s1. The maximum atomic E-state index is 12.7. The molecule has 1 aliphatic heterocycles. The summed E-state index contributed by atoms with van der Waals surface area (Å²) < 4.78 is 0. The number of aromatic amines is 1. The summed E-state index contributed by atoms with van der Waals surface area (Å²) in [5.41, 5.74) is 2.16.